The van der Waals surface area contributed by atoms with Gasteiger partial charge in [0.1, 0.15) is 0 Å². The van der Waals surface area contributed by atoms with Crippen LogP contribution in [-0.4, -0.2) is 44.0 Å². The summed E-state index contributed by atoms with van der Waals surface area (Å²) in [5.41, 5.74) is 14.5. The van der Waals surface area contributed by atoms with Crippen LogP contribution in [-0.2, 0) is 0 Å². The first-order chi connectivity index (χ1) is 39.7. The van der Waals surface area contributed by atoms with Crippen molar-refractivity contribution in [3.8, 4) is 102 Å². The number of nitrogens with zero attached hydrogens (tertiary/aromatic N) is 9. The molecule has 0 aliphatic carbocycles. The van der Waals surface area contributed by atoms with Crippen LogP contribution in [0.4, 0.5) is 0 Å². The predicted molar refractivity (Wildman–Crippen MR) is 323 cm³/mol. The third-order valence-corrected chi connectivity index (χ3v) is 14.8. The van der Waals surface area contributed by atoms with Crippen molar-refractivity contribution in [2.45, 2.75) is 0 Å². The van der Waals surface area contributed by atoms with E-state index < -0.39 is 0 Å². The van der Waals surface area contributed by atoms with Crippen LogP contribution in [0.15, 0.2) is 273 Å². The molecule has 0 spiro atoms. The standard InChI is InChI=1S/C71H45N9/c1-6-23-46(24-7-1)59-36-22-37-60(72-59)51-41-42-64-56(43-51)55-35-18-19-38-61(55)79(64)52-44-57(70-75-66(47-25-8-2-9-26-47)73-67(76-70)48-27-10-3-11-28-48)65(80-62-39-20-16-33-53(62)54-34-17-21-40-63(54)80)58(45-52)71-77-68(49-29-12-4-13-30-49)74-69(78-71)50-31-14-5-15-32-50/h1-45H. The molecule has 374 valence electrons. The molecule has 0 saturated carbocycles. The Morgan fingerprint density at radius 3 is 0.988 bits per heavy atom. The molecule has 0 bridgehead atoms. The molecule has 10 aromatic carbocycles. The molecule has 80 heavy (non-hydrogen) atoms. The van der Waals surface area contributed by atoms with E-state index in [2.05, 4.69) is 143 Å². The van der Waals surface area contributed by atoms with Crippen LogP contribution in [0.2, 0.25) is 0 Å². The number of pyridine rings is 1. The van der Waals surface area contributed by atoms with Crippen LogP contribution in [0.3, 0.4) is 0 Å². The van der Waals surface area contributed by atoms with Gasteiger partial charge in [0.2, 0.25) is 0 Å². The summed E-state index contributed by atoms with van der Waals surface area (Å²) in [6, 6.07) is 94.0. The summed E-state index contributed by atoms with van der Waals surface area (Å²) in [6.45, 7) is 0. The van der Waals surface area contributed by atoms with Crippen molar-refractivity contribution < 1.29 is 0 Å². The van der Waals surface area contributed by atoms with Crippen molar-refractivity contribution >= 4 is 43.6 Å². The monoisotopic (exact) mass is 1020 g/mol. The zero-order chi connectivity index (χ0) is 52.9. The van der Waals surface area contributed by atoms with E-state index in [1.54, 1.807) is 0 Å². The molecule has 0 fully saturated rings. The molecule has 0 unspecified atom stereocenters. The maximum atomic E-state index is 5.51. The highest BCUT2D eigenvalue weighted by molar-refractivity contribution is 6.12. The summed E-state index contributed by atoms with van der Waals surface area (Å²) in [5.74, 6) is 3.13. The van der Waals surface area contributed by atoms with E-state index in [0.717, 1.165) is 111 Å². The molecule has 0 aliphatic heterocycles. The van der Waals surface area contributed by atoms with E-state index in [0.29, 0.717) is 34.9 Å². The minimum absolute atomic E-state index is 0.478. The Balaban J connectivity index is 1.09. The fourth-order valence-electron chi connectivity index (χ4n) is 11.1. The predicted octanol–water partition coefficient (Wildman–Crippen LogP) is 17.0. The lowest BCUT2D eigenvalue weighted by molar-refractivity contribution is 1.05. The van der Waals surface area contributed by atoms with Gasteiger partial charge in [0, 0.05) is 71.7 Å². The van der Waals surface area contributed by atoms with Gasteiger partial charge in [-0.05, 0) is 54.6 Å². The fraction of sp³-hybridized carbons (Fsp3) is 0. The highest BCUT2D eigenvalue weighted by atomic mass is 15.1. The van der Waals surface area contributed by atoms with Crippen LogP contribution < -0.4 is 0 Å². The van der Waals surface area contributed by atoms with Crippen molar-refractivity contribution in [2.75, 3.05) is 0 Å². The summed E-state index contributed by atoms with van der Waals surface area (Å²) in [7, 11) is 0. The molecule has 15 rings (SSSR count). The summed E-state index contributed by atoms with van der Waals surface area (Å²) in [5, 5.41) is 4.37. The zero-order valence-corrected chi connectivity index (χ0v) is 43.0. The van der Waals surface area contributed by atoms with E-state index in [1.807, 2.05) is 140 Å². The van der Waals surface area contributed by atoms with Gasteiger partial charge in [0.15, 0.2) is 34.9 Å². The van der Waals surface area contributed by atoms with Crippen LogP contribution in [0, 0.1) is 0 Å². The average Bonchev–Trinajstić information content (AvgIpc) is 4.27. The first-order valence-corrected chi connectivity index (χ1v) is 26.6. The Hall–Kier alpha value is -11.0. The lowest BCUT2D eigenvalue weighted by atomic mass is 10.0. The van der Waals surface area contributed by atoms with Crippen LogP contribution >= 0.6 is 0 Å². The van der Waals surface area contributed by atoms with Crippen molar-refractivity contribution in [3.63, 3.8) is 0 Å². The second kappa shape index (κ2) is 19.5. The van der Waals surface area contributed by atoms with Crippen molar-refractivity contribution in [1.29, 1.82) is 0 Å². The Bertz CT molecular complexity index is 4490. The third kappa shape index (κ3) is 8.16. The van der Waals surface area contributed by atoms with Crippen molar-refractivity contribution in [3.05, 3.63) is 273 Å². The minimum Gasteiger partial charge on any atom is -0.309 e. The molecule has 0 amide bonds. The molecule has 0 atom stereocenters. The molecular formula is C71H45N9. The lowest BCUT2D eigenvalue weighted by Gasteiger charge is -2.21. The second-order valence-corrected chi connectivity index (χ2v) is 19.7. The van der Waals surface area contributed by atoms with E-state index in [9.17, 15) is 0 Å². The summed E-state index contributed by atoms with van der Waals surface area (Å²) in [6.07, 6.45) is 0. The molecular weight excluding hydrogens is 979 g/mol. The number of rotatable bonds is 10. The molecule has 0 aliphatic rings. The van der Waals surface area contributed by atoms with Gasteiger partial charge in [-0.1, -0.05) is 218 Å². The van der Waals surface area contributed by atoms with Gasteiger partial charge >= 0.3 is 0 Å². The van der Waals surface area contributed by atoms with Gasteiger partial charge in [0.05, 0.1) is 39.1 Å². The number of para-hydroxylation sites is 3. The summed E-state index contributed by atoms with van der Waals surface area (Å²) >= 11 is 0. The largest absolute Gasteiger partial charge is 0.309 e. The number of benzene rings is 10. The Morgan fingerprint density at radius 2 is 0.550 bits per heavy atom. The van der Waals surface area contributed by atoms with Crippen LogP contribution in [0.25, 0.3) is 146 Å². The first kappa shape index (κ1) is 46.3. The van der Waals surface area contributed by atoms with Crippen LogP contribution in [0.5, 0.6) is 0 Å². The van der Waals surface area contributed by atoms with Gasteiger partial charge in [-0.25, -0.2) is 34.9 Å². The molecule has 0 N–H and O–H groups in total. The molecule has 0 saturated heterocycles. The Kier molecular flexibility index (Phi) is 11.3. The quantitative estimate of drug-likeness (QED) is 0.134. The van der Waals surface area contributed by atoms with Gasteiger partial charge in [-0.3, -0.25) is 0 Å². The molecule has 5 heterocycles. The smallest absolute Gasteiger partial charge is 0.166 e. The van der Waals surface area contributed by atoms with Crippen molar-refractivity contribution in [1.82, 2.24) is 44.0 Å². The topological polar surface area (TPSA) is 100 Å². The number of hydrogen-bond donors (Lipinski definition) is 0. The zero-order valence-electron chi connectivity index (χ0n) is 43.0. The lowest BCUT2D eigenvalue weighted by Crippen LogP contribution is -2.09. The van der Waals surface area contributed by atoms with Crippen LogP contribution in [0.1, 0.15) is 0 Å². The maximum absolute atomic E-state index is 5.51. The third-order valence-electron chi connectivity index (χ3n) is 14.8. The molecule has 9 heteroatoms. The normalized spacial score (nSPS) is 11.5. The van der Waals surface area contributed by atoms with Gasteiger partial charge in [0.25, 0.3) is 0 Å². The molecule has 5 aromatic heterocycles. The molecule has 9 nitrogen and oxygen atoms in total. The molecule has 15 aromatic rings. The highest BCUT2D eigenvalue weighted by Gasteiger charge is 2.28. The maximum Gasteiger partial charge on any atom is 0.166 e. The SMILES string of the molecule is c1ccc(-c2cccc(-c3ccc4c(c3)c3ccccc3n4-c3cc(-c4nc(-c5ccccc5)nc(-c5ccccc5)n4)c(-n4c5ccccc5c5ccccc54)c(-c4nc(-c5ccccc5)nc(-c5ccccc5)n4)c3)n2)cc1. The van der Waals surface area contributed by atoms with E-state index in [-0.39, 0.29) is 0 Å². The van der Waals surface area contributed by atoms with E-state index >= 15 is 0 Å². The number of hydrogen-bond acceptors (Lipinski definition) is 7. The highest BCUT2D eigenvalue weighted by Crippen LogP contribution is 2.44. The minimum atomic E-state index is 0.478. The average molecular weight is 1020 g/mol. The van der Waals surface area contributed by atoms with E-state index in [4.69, 9.17) is 34.9 Å². The van der Waals surface area contributed by atoms with Crippen molar-refractivity contribution in [2.24, 2.45) is 0 Å². The van der Waals surface area contributed by atoms with Gasteiger partial charge < -0.3 is 9.13 Å². The first-order valence-electron chi connectivity index (χ1n) is 26.6. The Morgan fingerprint density at radius 1 is 0.212 bits per heavy atom. The van der Waals surface area contributed by atoms with Gasteiger partial charge in [-0.2, -0.15) is 0 Å². The second-order valence-electron chi connectivity index (χ2n) is 19.7. The number of fused-ring (bicyclic) bond motifs is 6. The molecule has 0 radical (unpaired) electrons. The summed E-state index contributed by atoms with van der Waals surface area (Å²) < 4.78 is 4.69. The number of aromatic nitrogens is 9. The Labute approximate surface area is 460 Å². The fourth-order valence-corrected chi connectivity index (χ4v) is 11.1. The van der Waals surface area contributed by atoms with Gasteiger partial charge in [-0.15, -0.1) is 0 Å². The van der Waals surface area contributed by atoms with E-state index in [1.165, 1.54) is 0 Å². The summed E-state index contributed by atoms with van der Waals surface area (Å²) in [4.78, 5) is 37.6.